The lowest BCUT2D eigenvalue weighted by Crippen LogP contribution is -2.47. The number of piperazine rings is 1. The Morgan fingerprint density at radius 2 is 1.89 bits per heavy atom. The molecule has 0 bridgehead atoms. The molecule has 3 aromatic heterocycles. The van der Waals surface area contributed by atoms with Crippen LogP contribution in [0.2, 0.25) is 0 Å². The molecule has 8 nitrogen and oxygen atoms in total. The Bertz CT molecular complexity index is 1670. The first-order valence-electron chi connectivity index (χ1n) is 12.4. The predicted octanol–water partition coefficient (Wildman–Crippen LogP) is 5.09. The number of fused-ring (bicyclic) bond motifs is 2. The van der Waals surface area contributed by atoms with Crippen LogP contribution >= 0.6 is 11.3 Å². The third-order valence-corrected chi connectivity index (χ3v) is 8.07. The van der Waals surface area contributed by atoms with Crippen LogP contribution < -0.4 is 10.1 Å². The Morgan fingerprint density at radius 3 is 2.71 bits per heavy atom. The van der Waals surface area contributed by atoms with E-state index in [-0.39, 0.29) is 11.8 Å². The highest BCUT2D eigenvalue weighted by Gasteiger charge is 2.24. The molecular weight excluding hydrogens is 498 g/mol. The first-order valence-corrected chi connectivity index (χ1v) is 13.2. The Morgan fingerprint density at radius 1 is 1.05 bits per heavy atom. The topological polar surface area (TPSA) is 90.6 Å². The van der Waals surface area contributed by atoms with E-state index in [4.69, 9.17) is 4.74 Å². The first-order chi connectivity index (χ1) is 18.5. The molecule has 9 heteroatoms. The molecule has 0 atom stereocenters. The number of H-pyrrole nitrogens is 1. The van der Waals surface area contributed by atoms with Crippen LogP contribution in [0.1, 0.15) is 20.0 Å². The van der Waals surface area contributed by atoms with Gasteiger partial charge in [-0.15, -0.1) is 11.3 Å². The van der Waals surface area contributed by atoms with Crippen molar-refractivity contribution in [2.45, 2.75) is 0 Å². The predicted molar refractivity (Wildman–Crippen MR) is 151 cm³/mol. The smallest absolute Gasteiger partial charge is 0.265 e. The van der Waals surface area contributed by atoms with E-state index in [1.807, 2.05) is 54.7 Å². The first kappa shape index (κ1) is 24.1. The number of anilines is 1. The summed E-state index contributed by atoms with van der Waals surface area (Å²) in [5.41, 5.74) is 3.86. The molecule has 0 aliphatic carbocycles. The van der Waals surface area contributed by atoms with Gasteiger partial charge in [0.2, 0.25) is 0 Å². The lowest BCUT2D eigenvalue weighted by atomic mass is 10.0. The fraction of sp³-hybridized carbons (Fsp3) is 0.207. The van der Waals surface area contributed by atoms with Crippen molar-refractivity contribution in [1.29, 1.82) is 0 Å². The number of aromatic nitrogens is 2. The molecule has 1 aliphatic heterocycles. The van der Waals surface area contributed by atoms with Crippen LogP contribution in [0.5, 0.6) is 5.75 Å². The molecule has 38 heavy (non-hydrogen) atoms. The molecule has 2 amide bonds. The van der Waals surface area contributed by atoms with Gasteiger partial charge in [-0.05, 0) is 55.1 Å². The summed E-state index contributed by atoms with van der Waals surface area (Å²) in [7, 11) is 3.60. The van der Waals surface area contributed by atoms with E-state index < -0.39 is 0 Å². The van der Waals surface area contributed by atoms with Crippen LogP contribution in [0.4, 0.5) is 5.69 Å². The Hall–Kier alpha value is -4.21. The van der Waals surface area contributed by atoms with Gasteiger partial charge in [0, 0.05) is 65.3 Å². The summed E-state index contributed by atoms with van der Waals surface area (Å²) in [6.45, 7) is 2.97. The Kier molecular flexibility index (Phi) is 6.30. The highest BCUT2D eigenvalue weighted by Crippen LogP contribution is 2.35. The number of carbonyl (C=O) groups excluding carboxylic acids is 2. The maximum atomic E-state index is 13.3. The normalized spacial score (nSPS) is 14.2. The quantitative estimate of drug-likeness (QED) is 0.334. The summed E-state index contributed by atoms with van der Waals surface area (Å²) < 4.78 is 6.48. The third-order valence-electron chi connectivity index (χ3n) is 6.97. The van der Waals surface area contributed by atoms with Gasteiger partial charge in [0.15, 0.2) is 0 Å². The number of amides is 2. The molecule has 192 valence electrons. The molecule has 1 saturated heterocycles. The van der Waals surface area contributed by atoms with E-state index >= 15 is 0 Å². The number of pyridine rings is 1. The van der Waals surface area contributed by atoms with E-state index in [1.54, 1.807) is 25.3 Å². The average molecular weight is 526 g/mol. The second kappa shape index (κ2) is 9.92. The van der Waals surface area contributed by atoms with Gasteiger partial charge in [0.1, 0.15) is 11.4 Å². The van der Waals surface area contributed by atoms with Crippen molar-refractivity contribution in [3.63, 3.8) is 0 Å². The zero-order valence-corrected chi connectivity index (χ0v) is 22.0. The minimum Gasteiger partial charge on any atom is -0.496 e. The number of carbonyl (C=O) groups is 2. The van der Waals surface area contributed by atoms with Gasteiger partial charge in [-0.3, -0.25) is 9.59 Å². The van der Waals surface area contributed by atoms with Crippen molar-refractivity contribution in [3.8, 4) is 16.9 Å². The summed E-state index contributed by atoms with van der Waals surface area (Å²) in [4.78, 5) is 38.8. The monoisotopic (exact) mass is 525 g/mol. The highest BCUT2D eigenvalue weighted by atomic mass is 32.1. The van der Waals surface area contributed by atoms with Crippen molar-refractivity contribution < 1.29 is 14.3 Å². The number of nitrogens with one attached hydrogen (secondary N) is 2. The van der Waals surface area contributed by atoms with Crippen LogP contribution in [-0.4, -0.2) is 71.9 Å². The van der Waals surface area contributed by atoms with Gasteiger partial charge < -0.3 is 24.8 Å². The van der Waals surface area contributed by atoms with Crippen molar-refractivity contribution in [1.82, 2.24) is 19.8 Å². The Labute approximate surface area is 223 Å². The second-order valence-corrected chi connectivity index (χ2v) is 10.5. The molecule has 1 aliphatic rings. The molecule has 0 unspecified atom stereocenters. The van der Waals surface area contributed by atoms with Crippen molar-refractivity contribution in [2.24, 2.45) is 0 Å². The largest absolute Gasteiger partial charge is 0.496 e. The number of hydrogen-bond acceptors (Lipinski definition) is 6. The third kappa shape index (κ3) is 4.51. The maximum Gasteiger partial charge on any atom is 0.265 e. The SMILES string of the molecule is COc1ccc(NC(=O)c2cc3c(-c4cnc5[nH]ccc5c4)cccc3s2)cc1C(=O)N1CCN(C)CC1. The van der Waals surface area contributed by atoms with Crippen LogP contribution in [0.3, 0.4) is 0 Å². The fourth-order valence-electron chi connectivity index (χ4n) is 4.84. The zero-order valence-electron chi connectivity index (χ0n) is 21.2. The molecule has 4 heterocycles. The molecule has 5 aromatic rings. The van der Waals surface area contributed by atoms with Gasteiger partial charge in [-0.1, -0.05) is 12.1 Å². The number of rotatable bonds is 5. The van der Waals surface area contributed by atoms with E-state index in [0.29, 0.717) is 35.0 Å². The molecular formula is C29H27N5O3S. The number of likely N-dealkylation sites (N-methyl/N-ethyl adjacent to an activating group) is 1. The van der Waals surface area contributed by atoms with Crippen molar-refractivity contribution >= 4 is 50.0 Å². The van der Waals surface area contributed by atoms with Crippen LogP contribution in [0.25, 0.3) is 32.2 Å². The molecule has 0 saturated carbocycles. The van der Waals surface area contributed by atoms with Gasteiger partial charge in [-0.25, -0.2) is 4.98 Å². The molecule has 0 spiro atoms. The highest BCUT2D eigenvalue weighted by molar-refractivity contribution is 7.21. The number of nitrogens with zero attached hydrogens (tertiary/aromatic N) is 3. The lowest BCUT2D eigenvalue weighted by molar-refractivity contribution is 0.0660. The van der Waals surface area contributed by atoms with Crippen LogP contribution in [0.15, 0.2) is 67.0 Å². The van der Waals surface area contributed by atoms with Crippen molar-refractivity contribution in [2.75, 3.05) is 45.7 Å². The fourth-order valence-corrected chi connectivity index (χ4v) is 5.82. The number of benzene rings is 2. The number of aromatic amines is 1. The van der Waals surface area contributed by atoms with Gasteiger partial charge in [0.25, 0.3) is 11.8 Å². The zero-order chi connectivity index (χ0) is 26.2. The lowest BCUT2D eigenvalue weighted by Gasteiger charge is -2.32. The van der Waals surface area contributed by atoms with E-state index in [2.05, 4.69) is 26.3 Å². The second-order valence-electron chi connectivity index (χ2n) is 9.43. The summed E-state index contributed by atoms with van der Waals surface area (Å²) >= 11 is 1.44. The van der Waals surface area contributed by atoms with Crippen LogP contribution in [0, 0.1) is 0 Å². The summed E-state index contributed by atoms with van der Waals surface area (Å²) in [5, 5.41) is 5.01. The van der Waals surface area contributed by atoms with Gasteiger partial charge in [0.05, 0.1) is 17.6 Å². The summed E-state index contributed by atoms with van der Waals surface area (Å²) in [5.74, 6) is 0.177. The molecule has 6 rings (SSSR count). The number of ether oxygens (including phenoxy) is 1. The van der Waals surface area contributed by atoms with E-state index in [9.17, 15) is 9.59 Å². The molecule has 2 aromatic carbocycles. The standard InChI is InChI=1S/C29H27N5O3S/c1-33-10-12-34(13-11-33)29(36)23-15-20(6-7-24(23)37-2)32-28(35)26-16-22-21(4-3-5-25(22)38-26)19-14-18-8-9-30-27(18)31-17-19/h3-9,14-17H,10-13H2,1-2H3,(H,30,31)(H,32,35). The van der Waals surface area contributed by atoms with Crippen molar-refractivity contribution in [3.05, 3.63) is 77.4 Å². The van der Waals surface area contributed by atoms with Gasteiger partial charge in [-0.2, -0.15) is 0 Å². The van der Waals surface area contributed by atoms with E-state index in [1.165, 1.54) is 11.3 Å². The Balaban J connectivity index is 1.27. The van der Waals surface area contributed by atoms with E-state index in [0.717, 1.165) is 45.3 Å². The molecule has 0 radical (unpaired) electrons. The number of thiophene rings is 1. The minimum atomic E-state index is -0.223. The summed E-state index contributed by atoms with van der Waals surface area (Å²) in [6.07, 6.45) is 3.72. The van der Waals surface area contributed by atoms with Gasteiger partial charge >= 0.3 is 0 Å². The molecule has 1 fully saturated rings. The maximum absolute atomic E-state index is 13.3. The molecule has 2 N–H and O–H groups in total. The average Bonchev–Trinajstić information content (AvgIpc) is 3.60. The summed E-state index contributed by atoms with van der Waals surface area (Å²) in [6, 6.07) is 17.3. The number of methoxy groups -OCH3 is 1. The van der Waals surface area contributed by atoms with Crippen LogP contribution in [-0.2, 0) is 0 Å². The number of hydrogen-bond donors (Lipinski definition) is 2. The minimum absolute atomic E-state index is 0.0921.